The lowest BCUT2D eigenvalue weighted by Crippen LogP contribution is -2.40. The number of rotatable bonds is 10. The second kappa shape index (κ2) is 11.8. The van der Waals surface area contributed by atoms with Crippen molar-refractivity contribution in [2.75, 3.05) is 0 Å². The molecule has 2 heterocycles. The SMILES string of the molecule is C=CCC(CC=C)(C1=NC(c2ccccc2)C(c2ccccc2)O1)C1=N[C@H](c2ccccc2)[C@H](c2ccccc2)O1. The molecule has 0 bridgehead atoms. The number of nitrogens with zero attached hydrogens (tertiary/aromatic N) is 2. The van der Waals surface area contributed by atoms with Crippen LogP contribution in [-0.4, -0.2) is 11.8 Å². The van der Waals surface area contributed by atoms with Crippen LogP contribution in [0.2, 0.25) is 0 Å². The van der Waals surface area contributed by atoms with Crippen LogP contribution in [-0.2, 0) is 9.47 Å². The summed E-state index contributed by atoms with van der Waals surface area (Å²) in [6.45, 7) is 8.25. The molecule has 4 aromatic rings. The fraction of sp³-hybridized carbons (Fsp3) is 0.189. The van der Waals surface area contributed by atoms with E-state index in [1.165, 1.54) is 0 Å². The molecule has 2 aliphatic rings. The summed E-state index contributed by atoms with van der Waals surface area (Å²) in [5.41, 5.74) is 3.56. The van der Waals surface area contributed by atoms with E-state index >= 15 is 0 Å². The van der Waals surface area contributed by atoms with Crippen molar-refractivity contribution in [3.8, 4) is 0 Å². The van der Waals surface area contributed by atoms with Crippen molar-refractivity contribution in [1.82, 2.24) is 0 Å². The predicted molar refractivity (Wildman–Crippen MR) is 166 cm³/mol. The quantitative estimate of drug-likeness (QED) is 0.189. The number of hydrogen-bond donors (Lipinski definition) is 0. The van der Waals surface area contributed by atoms with E-state index in [1.807, 2.05) is 84.9 Å². The molecule has 2 unspecified atom stereocenters. The number of benzene rings is 4. The third kappa shape index (κ3) is 5.14. The Morgan fingerprint density at radius 2 is 0.829 bits per heavy atom. The van der Waals surface area contributed by atoms with E-state index in [9.17, 15) is 0 Å². The Morgan fingerprint density at radius 3 is 1.15 bits per heavy atom. The highest BCUT2D eigenvalue weighted by Crippen LogP contribution is 2.50. The zero-order chi connectivity index (χ0) is 28.1. The molecule has 0 spiro atoms. The van der Waals surface area contributed by atoms with Crippen molar-refractivity contribution in [3.05, 3.63) is 169 Å². The van der Waals surface area contributed by atoms with Crippen LogP contribution in [0.5, 0.6) is 0 Å². The van der Waals surface area contributed by atoms with Crippen molar-refractivity contribution < 1.29 is 9.47 Å². The fourth-order valence-corrected chi connectivity index (χ4v) is 5.89. The van der Waals surface area contributed by atoms with Crippen LogP contribution < -0.4 is 0 Å². The first-order chi connectivity index (χ1) is 20.2. The van der Waals surface area contributed by atoms with Gasteiger partial charge in [-0.2, -0.15) is 0 Å². The highest BCUT2D eigenvalue weighted by atomic mass is 16.5. The summed E-state index contributed by atoms with van der Waals surface area (Å²) in [5, 5.41) is 0. The molecule has 41 heavy (non-hydrogen) atoms. The zero-order valence-corrected chi connectivity index (χ0v) is 23.1. The molecule has 6 rings (SSSR count). The second-order valence-electron chi connectivity index (χ2n) is 10.5. The topological polar surface area (TPSA) is 43.2 Å². The van der Waals surface area contributed by atoms with Crippen LogP contribution >= 0.6 is 0 Å². The summed E-state index contributed by atoms with van der Waals surface area (Å²) < 4.78 is 13.7. The lowest BCUT2D eigenvalue weighted by atomic mass is 9.80. The van der Waals surface area contributed by atoms with Gasteiger partial charge >= 0.3 is 0 Å². The second-order valence-corrected chi connectivity index (χ2v) is 10.5. The van der Waals surface area contributed by atoms with Gasteiger partial charge in [-0.15, -0.1) is 13.2 Å². The molecule has 0 N–H and O–H groups in total. The van der Waals surface area contributed by atoms with Gasteiger partial charge in [0.25, 0.3) is 0 Å². The van der Waals surface area contributed by atoms with Crippen molar-refractivity contribution in [2.45, 2.75) is 37.1 Å². The number of hydrogen-bond acceptors (Lipinski definition) is 4. The van der Waals surface area contributed by atoms with E-state index in [4.69, 9.17) is 19.5 Å². The maximum atomic E-state index is 6.87. The summed E-state index contributed by atoms with van der Waals surface area (Å²) in [6.07, 6.45) is 4.34. The zero-order valence-electron chi connectivity index (χ0n) is 23.1. The highest BCUT2D eigenvalue weighted by Gasteiger charge is 2.51. The Bertz CT molecular complexity index is 1410. The molecular formula is C37H34N2O2. The highest BCUT2D eigenvalue weighted by molar-refractivity contribution is 6.07. The van der Waals surface area contributed by atoms with Crippen LogP contribution in [0.1, 0.15) is 59.4 Å². The Labute approximate surface area is 242 Å². The summed E-state index contributed by atoms with van der Waals surface area (Å²) in [6, 6.07) is 40.9. The molecule has 0 amide bonds. The normalized spacial score (nSPS) is 21.8. The van der Waals surface area contributed by atoms with E-state index in [1.54, 1.807) is 0 Å². The standard InChI is InChI=1S/C37H34N2O2/c1-3-25-37(26-4-2,35-38-31(27-17-9-5-10-18-27)33(40-35)29-21-13-7-14-22-29)36-39-32(28-19-11-6-12-20-28)34(41-36)30-23-15-8-16-24-30/h3-24,31-34H,1-2,25-26H2/t31-,32?,33+,34?/m1/s1. The number of ether oxygens (including phenoxy) is 2. The molecular weight excluding hydrogens is 504 g/mol. The average Bonchev–Trinajstić information content (AvgIpc) is 3.69. The first-order valence-electron chi connectivity index (χ1n) is 14.1. The maximum Gasteiger partial charge on any atom is 0.201 e. The van der Waals surface area contributed by atoms with E-state index < -0.39 is 5.41 Å². The van der Waals surface area contributed by atoms with Crippen LogP contribution in [0, 0.1) is 5.41 Å². The Balaban J connectivity index is 1.47. The van der Waals surface area contributed by atoms with E-state index in [2.05, 4.69) is 61.7 Å². The number of allylic oxidation sites excluding steroid dienone is 2. The molecule has 2 aliphatic heterocycles. The summed E-state index contributed by atoms with van der Waals surface area (Å²) >= 11 is 0. The minimum absolute atomic E-state index is 0.209. The monoisotopic (exact) mass is 538 g/mol. The lowest BCUT2D eigenvalue weighted by molar-refractivity contribution is 0.155. The van der Waals surface area contributed by atoms with Crippen LogP contribution in [0.4, 0.5) is 0 Å². The molecule has 4 heteroatoms. The van der Waals surface area contributed by atoms with Crippen LogP contribution in [0.25, 0.3) is 0 Å². The minimum Gasteiger partial charge on any atom is -0.469 e. The molecule has 0 saturated carbocycles. The summed E-state index contributed by atoms with van der Waals surface area (Å²) in [4.78, 5) is 10.6. The third-order valence-corrected chi connectivity index (χ3v) is 7.91. The van der Waals surface area contributed by atoms with Crippen LogP contribution in [0.3, 0.4) is 0 Å². The molecule has 4 atom stereocenters. The summed E-state index contributed by atoms with van der Waals surface area (Å²) in [5.74, 6) is 1.22. The average molecular weight is 539 g/mol. The maximum absolute atomic E-state index is 6.87. The molecule has 4 aromatic carbocycles. The van der Waals surface area contributed by atoms with Crippen molar-refractivity contribution in [3.63, 3.8) is 0 Å². The van der Waals surface area contributed by atoms with E-state index in [-0.39, 0.29) is 24.3 Å². The first kappa shape index (κ1) is 26.5. The Hall–Kier alpha value is -4.70. The van der Waals surface area contributed by atoms with Gasteiger partial charge in [-0.25, -0.2) is 9.98 Å². The molecule has 204 valence electrons. The molecule has 0 saturated heterocycles. The van der Waals surface area contributed by atoms with E-state index in [0.29, 0.717) is 24.6 Å². The molecule has 0 fully saturated rings. The van der Waals surface area contributed by atoms with Gasteiger partial charge in [0.15, 0.2) is 12.2 Å². The van der Waals surface area contributed by atoms with Gasteiger partial charge in [-0.1, -0.05) is 133 Å². The van der Waals surface area contributed by atoms with Gasteiger partial charge < -0.3 is 9.47 Å². The molecule has 4 nitrogen and oxygen atoms in total. The van der Waals surface area contributed by atoms with Crippen molar-refractivity contribution in [1.29, 1.82) is 0 Å². The fourth-order valence-electron chi connectivity index (χ4n) is 5.89. The van der Waals surface area contributed by atoms with Crippen molar-refractivity contribution in [2.24, 2.45) is 15.4 Å². The van der Waals surface area contributed by atoms with Gasteiger partial charge in [0.05, 0.1) is 0 Å². The Morgan fingerprint density at radius 1 is 0.512 bits per heavy atom. The smallest absolute Gasteiger partial charge is 0.201 e. The van der Waals surface area contributed by atoms with Crippen molar-refractivity contribution >= 4 is 11.8 Å². The minimum atomic E-state index is -0.781. The van der Waals surface area contributed by atoms with Gasteiger partial charge in [0.2, 0.25) is 11.8 Å². The number of aliphatic imine (C=N–C) groups is 2. The molecule has 0 radical (unpaired) electrons. The third-order valence-electron chi connectivity index (χ3n) is 7.91. The van der Waals surface area contributed by atoms with Gasteiger partial charge in [0.1, 0.15) is 17.5 Å². The lowest BCUT2D eigenvalue weighted by Gasteiger charge is -2.31. The Kier molecular flexibility index (Phi) is 7.64. The van der Waals surface area contributed by atoms with Crippen LogP contribution in [0.15, 0.2) is 157 Å². The largest absolute Gasteiger partial charge is 0.469 e. The summed E-state index contributed by atoms with van der Waals surface area (Å²) in [7, 11) is 0. The first-order valence-corrected chi connectivity index (χ1v) is 14.1. The molecule has 0 aromatic heterocycles. The van der Waals surface area contributed by atoms with Gasteiger partial charge in [-0.3, -0.25) is 0 Å². The van der Waals surface area contributed by atoms with Gasteiger partial charge in [-0.05, 0) is 35.1 Å². The molecule has 0 aliphatic carbocycles. The van der Waals surface area contributed by atoms with Gasteiger partial charge in [0, 0.05) is 0 Å². The predicted octanol–water partition coefficient (Wildman–Crippen LogP) is 8.95. The van der Waals surface area contributed by atoms with E-state index in [0.717, 1.165) is 22.3 Å².